The van der Waals surface area contributed by atoms with Gasteiger partial charge in [-0.15, -0.1) is 0 Å². The molecule has 15 heavy (non-hydrogen) atoms. The number of nitrogens with zero attached hydrogens (tertiary/aromatic N) is 1. The number of methoxy groups -OCH3 is 1. The minimum absolute atomic E-state index is 0.135. The molecule has 0 aliphatic heterocycles. The van der Waals surface area contributed by atoms with Crippen molar-refractivity contribution in [2.45, 2.75) is 13.0 Å². The standard InChI is InChI=1S/C10H16N2O2S/c1-8(7-15(3)13)11-9-5-4-6-10(12-9)14-2/h4-6,8H,7H2,1-3H3,(H,11,12). The molecule has 0 spiro atoms. The van der Waals surface area contributed by atoms with Crippen molar-refractivity contribution in [3.63, 3.8) is 0 Å². The molecule has 0 aliphatic carbocycles. The summed E-state index contributed by atoms with van der Waals surface area (Å²) in [6.45, 7) is 1.97. The first-order chi connectivity index (χ1) is 7.11. The first-order valence-corrected chi connectivity index (χ1v) is 6.42. The first kappa shape index (κ1) is 12.0. The molecule has 0 aliphatic rings. The Kier molecular flexibility index (Phi) is 4.55. The van der Waals surface area contributed by atoms with E-state index in [1.807, 2.05) is 19.1 Å². The van der Waals surface area contributed by atoms with Gasteiger partial charge in [-0.1, -0.05) is 6.07 Å². The molecule has 2 unspecified atom stereocenters. The van der Waals surface area contributed by atoms with Gasteiger partial charge >= 0.3 is 0 Å². The highest BCUT2D eigenvalue weighted by Gasteiger charge is 2.05. The Hall–Kier alpha value is -1.10. The number of anilines is 1. The topological polar surface area (TPSA) is 51.2 Å². The van der Waals surface area contributed by atoms with E-state index in [1.54, 1.807) is 19.4 Å². The molecule has 4 nitrogen and oxygen atoms in total. The van der Waals surface area contributed by atoms with Crippen LogP contribution in [0.1, 0.15) is 6.92 Å². The Morgan fingerprint density at radius 2 is 2.33 bits per heavy atom. The van der Waals surface area contributed by atoms with Gasteiger partial charge in [-0.05, 0) is 13.0 Å². The van der Waals surface area contributed by atoms with Crippen LogP contribution < -0.4 is 10.1 Å². The fraction of sp³-hybridized carbons (Fsp3) is 0.500. The summed E-state index contributed by atoms with van der Waals surface area (Å²) in [6, 6.07) is 5.64. The molecule has 1 N–H and O–H groups in total. The monoisotopic (exact) mass is 228 g/mol. The fourth-order valence-corrected chi connectivity index (χ4v) is 2.04. The molecule has 1 aromatic heterocycles. The lowest BCUT2D eigenvalue weighted by molar-refractivity contribution is 0.398. The maximum atomic E-state index is 11.0. The van der Waals surface area contributed by atoms with E-state index in [4.69, 9.17) is 4.74 Å². The molecule has 5 heteroatoms. The van der Waals surface area contributed by atoms with Crippen LogP contribution in [-0.2, 0) is 10.8 Å². The van der Waals surface area contributed by atoms with Crippen LogP contribution in [0.5, 0.6) is 5.88 Å². The summed E-state index contributed by atoms with van der Waals surface area (Å²) in [7, 11) is 0.782. The number of nitrogens with one attached hydrogen (secondary N) is 1. The van der Waals surface area contributed by atoms with Crippen LogP contribution in [0.15, 0.2) is 18.2 Å². The summed E-state index contributed by atoms with van der Waals surface area (Å²) < 4.78 is 16.0. The predicted octanol–water partition coefficient (Wildman–Crippen LogP) is 1.27. The van der Waals surface area contributed by atoms with Gasteiger partial charge in [0.2, 0.25) is 5.88 Å². The van der Waals surface area contributed by atoms with Gasteiger partial charge in [-0.25, -0.2) is 0 Å². The molecule has 0 bridgehead atoms. The van der Waals surface area contributed by atoms with Crippen LogP contribution in [0.25, 0.3) is 0 Å². The van der Waals surface area contributed by atoms with Gasteiger partial charge in [0.1, 0.15) is 5.82 Å². The Morgan fingerprint density at radius 3 is 2.93 bits per heavy atom. The van der Waals surface area contributed by atoms with Crippen LogP contribution in [0.2, 0.25) is 0 Å². The maximum Gasteiger partial charge on any atom is 0.214 e. The SMILES string of the molecule is COc1cccc(NC(C)CS(C)=O)n1. The van der Waals surface area contributed by atoms with E-state index in [0.717, 1.165) is 5.82 Å². The Balaban J connectivity index is 2.59. The highest BCUT2D eigenvalue weighted by atomic mass is 32.2. The molecule has 1 heterocycles. The lowest BCUT2D eigenvalue weighted by Crippen LogP contribution is -2.22. The van der Waals surface area contributed by atoms with Gasteiger partial charge in [0, 0.05) is 34.9 Å². The molecule has 1 rings (SSSR count). The number of aromatic nitrogens is 1. The minimum Gasteiger partial charge on any atom is -0.481 e. The zero-order valence-electron chi connectivity index (χ0n) is 9.19. The van der Waals surface area contributed by atoms with E-state index < -0.39 is 10.8 Å². The predicted molar refractivity (Wildman–Crippen MR) is 62.8 cm³/mol. The lowest BCUT2D eigenvalue weighted by Gasteiger charge is -2.13. The van der Waals surface area contributed by atoms with Crippen molar-refractivity contribution in [1.29, 1.82) is 0 Å². The van der Waals surface area contributed by atoms with Crippen LogP contribution in [0, 0.1) is 0 Å². The van der Waals surface area contributed by atoms with Crippen molar-refractivity contribution in [3.8, 4) is 5.88 Å². The maximum absolute atomic E-state index is 11.0. The van der Waals surface area contributed by atoms with Crippen molar-refractivity contribution in [1.82, 2.24) is 4.98 Å². The van der Waals surface area contributed by atoms with E-state index in [1.165, 1.54) is 0 Å². The molecule has 0 saturated carbocycles. The van der Waals surface area contributed by atoms with E-state index in [9.17, 15) is 4.21 Å². The zero-order valence-corrected chi connectivity index (χ0v) is 10.0. The molecule has 0 fully saturated rings. The summed E-state index contributed by atoms with van der Waals surface area (Å²) in [5, 5.41) is 3.16. The van der Waals surface area contributed by atoms with E-state index in [2.05, 4.69) is 10.3 Å². The third-order valence-electron chi connectivity index (χ3n) is 1.81. The first-order valence-electron chi connectivity index (χ1n) is 4.69. The van der Waals surface area contributed by atoms with E-state index in [0.29, 0.717) is 11.6 Å². The van der Waals surface area contributed by atoms with E-state index in [-0.39, 0.29) is 6.04 Å². The number of pyridine rings is 1. The second kappa shape index (κ2) is 5.70. The van der Waals surface area contributed by atoms with Gasteiger partial charge in [0.15, 0.2) is 0 Å². The van der Waals surface area contributed by atoms with E-state index >= 15 is 0 Å². The quantitative estimate of drug-likeness (QED) is 0.824. The van der Waals surface area contributed by atoms with Gasteiger partial charge in [0.25, 0.3) is 0 Å². The minimum atomic E-state index is -0.798. The van der Waals surface area contributed by atoms with Crippen molar-refractivity contribution < 1.29 is 8.95 Å². The summed E-state index contributed by atoms with van der Waals surface area (Å²) in [6.07, 6.45) is 1.69. The fourth-order valence-electron chi connectivity index (χ4n) is 1.26. The molecule has 1 aromatic rings. The molecule has 0 amide bonds. The van der Waals surface area contributed by atoms with Gasteiger partial charge < -0.3 is 10.1 Å². The summed E-state index contributed by atoms with van der Waals surface area (Å²) in [4.78, 5) is 4.21. The zero-order chi connectivity index (χ0) is 11.3. The van der Waals surface area contributed by atoms with Gasteiger partial charge in [-0.3, -0.25) is 4.21 Å². The Morgan fingerprint density at radius 1 is 1.60 bits per heavy atom. The molecular weight excluding hydrogens is 212 g/mol. The van der Waals surface area contributed by atoms with Crippen molar-refractivity contribution in [2.24, 2.45) is 0 Å². The number of rotatable bonds is 5. The molecule has 0 aromatic carbocycles. The highest BCUT2D eigenvalue weighted by Crippen LogP contribution is 2.11. The van der Waals surface area contributed by atoms with Crippen molar-refractivity contribution in [2.75, 3.05) is 24.4 Å². The molecule has 0 radical (unpaired) electrons. The van der Waals surface area contributed by atoms with Gasteiger partial charge in [0.05, 0.1) is 7.11 Å². The Bertz CT molecular complexity index is 344. The highest BCUT2D eigenvalue weighted by molar-refractivity contribution is 7.84. The average Bonchev–Trinajstić information content (AvgIpc) is 2.16. The van der Waals surface area contributed by atoms with Crippen LogP contribution in [0.4, 0.5) is 5.82 Å². The summed E-state index contributed by atoms with van der Waals surface area (Å²) >= 11 is 0. The van der Waals surface area contributed by atoms with Crippen LogP contribution in [0.3, 0.4) is 0 Å². The van der Waals surface area contributed by atoms with Crippen molar-refractivity contribution in [3.05, 3.63) is 18.2 Å². The lowest BCUT2D eigenvalue weighted by atomic mass is 10.3. The van der Waals surface area contributed by atoms with Crippen LogP contribution in [-0.4, -0.2) is 34.4 Å². The largest absolute Gasteiger partial charge is 0.481 e. The summed E-state index contributed by atoms with van der Waals surface area (Å²) in [5.74, 6) is 1.93. The number of hydrogen-bond donors (Lipinski definition) is 1. The molecule has 0 saturated heterocycles. The third-order valence-corrected chi connectivity index (χ3v) is 2.78. The molecular formula is C10H16N2O2S. The summed E-state index contributed by atoms with van der Waals surface area (Å²) in [5.41, 5.74) is 0. The smallest absolute Gasteiger partial charge is 0.214 e. The normalized spacial score (nSPS) is 14.3. The number of ether oxygens (including phenoxy) is 1. The second-order valence-electron chi connectivity index (χ2n) is 3.35. The molecule has 84 valence electrons. The van der Waals surface area contributed by atoms with Crippen molar-refractivity contribution >= 4 is 16.6 Å². The van der Waals surface area contributed by atoms with Gasteiger partial charge in [-0.2, -0.15) is 4.98 Å². The third kappa shape index (κ3) is 4.29. The average molecular weight is 228 g/mol. The molecule has 2 atom stereocenters. The second-order valence-corrected chi connectivity index (χ2v) is 4.83. The Labute approximate surface area is 92.5 Å². The number of hydrogen-bond acceptors (Lipinski definition) is 4. The van der Waals surface area contributed by atoms with Crippen LogP contribution >= 0.6 is 0 Å².